The predicted octanol–water partition coefficient (Wildman–Crippen LogP) is 4.17. The summed E-state index contributed by atoms with van der Waals surface area (Å²) in [5.74, 6) is 0.0314. The van der Waals surface area contributed by atoms with E-state index in [1.165, 1.54) is 42.5 Å². The Labute approximate surface area is 202 Å². The third-order valence-corrected chi connectivity index (χ3v) is 5.66. The van der Waals surface area contributed by atoms with Gasteiger partial charge in [0.1, 0.15) is 28.9 Å². The minimum Gasteiger partial charge on any atom is -0.494 e. The van der Waals surface area contributed by atoms with E-state index in [4.69, 9.17) is 9.84 Å². The summed E-state index contributed by atoms with van der Waals surface area (Å²) in [5.41, 5.74) is 3.46. The molecule has 1 unspecified atom stereocenters. The molecule has 3 aromatic rings. The Hall–Kier alpha value is -4.00. The number of ether oxygens (including phenoxy) is 1. The number of anilines is 1. The van der Waals surface area contributed by atoms with Gasteiger partial charge in [-0.25, -0.2) is 19.2 Å². The lowest BCUT2D eigenvalue weighted by molar-refractivity contribution is -0.183. The number of pyridine rings is 2. The highest BCUT2D eigenvalue weighted by molar-refractivity contribution is 5.89. The highest BCUT2D eigenvalue weighted by Gasteiger charge is 2.47. The Morgan fingerprint density at radius 3 is 2.78 bits per heavy atom. The average Bonchev–Trinajstić information content (AvgIpc) is 3.25. The molecule has 9 nitrogen and oxygen atoms in total. The molecule has 3 N–H and O–H groups in total. The number of amides is 1. The van der Waals surface area contributed by atoms with Crippen LogP contribution in [0.3, 0.4) is 0 Å². The van der Waals surface area contributed by atoms with Crippen molar-refractivity contribution in [3.63, 3.8) is 0 Å². The molecule has 2 atom stereocenters. The summed E-state index contributed by atoms with van der Waals surface area (Å²) in [4.78, 5) is 20.4. The Kier molecular flexibility index (Phi) is 7.20. The normalized spacial score (nSPS) is 17.4. The number of nitrogens with zero attached hydrogens (tertiary/aromatic N) is 4. The molecule has 1 saturated heterocycles. The molecule has 1 aliphatic rings. The lowest BCUT2D eigenvalue weighted by atomic mass is 10.1. The molecule has 0 radical (unpaired) electrons. The Morgan fingerprint density at radius 1 is 1.31 bits per heavy atom. The van der Waals surface area contributed by atoms with Gasteiger partial charge in [-0.1, -0.05) is 12.1 Å². The second-order valence-corrected chi connectivity index (χ2v) is 8.14. The third-order valence-electron chi connectivity index (χ3n) is 5.66. The number of carboxylic acid groups (broad SMARTS) is 1. The molecule has 0 spiro atoms. The van der Waals surface area contributed by atoms with Crippen LogP contribution >= 0.6 is 0 Å². The van der Waals surface area contributed by atoms with E-state index in [-0.39, 0.29) is 36.6 Å². The first kappa shape index (κ1) is 25.1. The summed E-state index contributed by atoms with van der Waals surface area (Å²) in [6, 6.07) is 6.02. The number of aromatic nitrogens is 2. The zero-order valence-electron chi connectivity index (χ0n) is 19.0. The molecule has 0 bridgehead atoms. The smallest absolute Gasteiger partial charge is 0.408 e. The number of fused-ring (bicyclic) bond motifs is 1. The summed E-state index contributed by atoms with van der Waals surface area (Å²) in [6.07, 6.45) is -3.06. The van der Waals surface area contributed by atoms with Gasteiger partial charge in [0.15, 0.2) is 0 Å². The van der Waals surface area contributed by atoms with Gasteiger partial charge in [-0.2, -0.15) is 18.3 Å². The molecular weight excluding hydrogens is 484 g/mol. The van der Waals surface area contributed by atoms with E-state index in [0.29, 0.717) is 16.6 Å². The number of hydrogen-bond donors (Lipinski definition) is 3. The van der Waals surface area contributed by atoms with Gasteiger partial charge in [-0.05, 0) is 30.2 Å². The van der Waals surface area contributed by atoms with Crippen molar-refractivity contribution < 1.29 is 32.2 Å². The second kappa shape index (κ2) is 10.3. The van der Waals surface area contributed by atoms with Gasteiger partial charge >= 0.3 is 12.3 Å². The lowest BCUT2D eigenvalue weighted by Gasteiger charge is -2.30. The van der Waals surface area contributed by atoms with E-state index in [9.17, 15) is 22.4 Å². The van der Waals surface area contributed by atoms with Gasteiger partial charge in [-0.15, -0.1) is 0 Å². The van der Waals surface area contributed by atoms with Crippen LogP contribution in [0.4, 0.5) is 28.2 Å². The molecule has 1 aliphatic heterocycles. The largest absolute Gasteiger partial charge is 0.494 e. The minimum absolute atomic E-state index is 0.0586. The summed E-state index contributed by atoms with van der Waals surface area (Å²) in [5, 5.41) is 15.6. The molecule has 0 aliphatic carbocycles. The molecule has 3 heterocycles. The van der Waals surface area contributed by atoms with E-state index >= 15 is 0 Å². The highest BCUT2D eigenvalue weighted by atomic mass is 19.4. The fraction of sp³-hybridized carbons (Fsp3) is 0.304. The van der Waals surface area contributed by atoms with Crippen molar-refractivity contribution in [1.82, 2.24) is 20.2 Å². The number of carbonyl (C=O) groups is 1. The van der Waals surface area contributed by atoms with E-state index in [1.807, 2.05) is 0 Å². The van der Waals surface area contributed by atoms with Gasteiger partial charge in [0.05, 0.1) is 19.0 Å². The number of hydrogen-bond acceptors (Lipinski definition) is 7. The zero-order chi connectivity index (χ0) is 25.9. The van der Waals surface area contributed by atoms with Crippen molar-refractivity contribution in [2.45, 2.75) is 24.7 Å². The maximum Gasteiger partial charge on any atom is 0.408 e. The van der Waals surface area contributed by atoms with Crippen LogP contribution in [0, 0.1) is 5.82 Å². The van der Waals surface area contributed by atoms with Crippen molar-refractivity contribution in [3.05, 3.63) is 59.7 Å². The van der Waals surface area contributed by atoms with Crippen LogP contribution in [-0.4, -0.2) is 64.7 Å². The Morgan fingerprint density at radius 2 is 2.11 bits per heavy atom. The lowest BCUT2D eigenvalue weighted by Crippen LogP contribution is -2.40. The van der Waals surface area contributed by atoms with E-state index in [1.54, 1.807) is 12.1 Å². The molecule has 4 rings (SSSR count). The highest BCUT2D eigenvalue weighted by Crippen LogP contribution is 2.39. The van der Waals surface area contributed by atoms with Gasteiger partial charge < -0.3 is 15.2 Å². The second-order valence-electron chi connectivity index (χ2n) is 8.14. The van der Waals surface area contributed by atoms with Crippen LogP contribution < -0.4 is 15.5 Å². The number of alkyl halides is 3. The van der Waals surface area contributed by atoms with Gasteiger partial charge in [-0.3, -0.25) is 10.3 Å². The van der Waals surface area contributed by atoms with E-state index < -0.39 is 30.2 Å². The maximum absolute atomic E-state index is 13.8. The molecule has 1 aromatic carbocycles. The SMILES string of the molecule is COc1cc(F)cc2ccc(C=NNc3ccc([C@@H](N4CCC(NC(=O)O)C4)C(F)(F)F)cn3)nc12. The maximum atomic E-state index is 13.8. The van der Waals surface area contributed by atoms with Crippen molar-refractivity contribution in [1.29, 1.82) is 0 Å². The molecular formula is C23H22F4N6O3. The molecule has 0 saturated carbocycles. The van der Waals surface area contributed by atoms with Crippen LogP contribution in [0.25, 0.3) is 10.9 Å². The summed E-state index contributed by atoms with van der Waals surface area (Å²) in [6.45, 7) is 0.0343. The topological polar surface area (TPSA) is 112 Å². The van der Waals surface area contributed by atoms with Crippen molar-refractivity contribution in [3.8, 4) is 5.75 Å². The van der Waals surface area contributed by atoms with Crippen LogP contribution in [0.5, 0.6) is 5.75 Å². The predicted molar refractivity (Wildman–Crippen MR) is 124 cm³/mol. The van der Waals surface area contributed by atoms with Crippen LogP contribution in [0.1, 0.15) is 23.7 Å². The third kappa shape index (κ3) is 5.79. The van der Waals surface area contributed by atoms with Crippen LogP contribution in [0.2, 0.25) is 0 Å². The number of nitrogens with one attached hydrogen (secondary N) is 2. The first-order valence-electron chi connectivity index (χ1n) is 10.8. The van der Waals surface area contributed by atoms with E-state index in [0.717, 1.165) is 6.20 Å². The van der Waals surface area contributed by atoms with E-state index in [2.05, 4.69) is 25.8 Å². The first-order chi connectivity index (χ1) is 17.1. The quantitative estimate of drug-likeness (QED) is 0.251. The summed E-state index contributed by atoms with van der Waals surface area (Å²) < 4.78 is 60.3. The van der Waals surface area contributed by atoms with Crippen LogP contribution in [0.15, 0.2) is 47.7 Å². The summed E-state index contributed by atoms with van der Waals surface area (Å²) in [7, 11) is 1.41. The van der Waals surface area contributed by atoms with Crippen LogP contribution in [-0.2, 0) is 0 Å². The minimum atomic E-state index is -4.57. The standard InChI is InChI=1S/C23H22F4N6O3/c1-36-18-9-15(24)8-13-2-4-16(30-20(13)18)11-29-32-19-5-3-14(10-28-19)21(23(25,26)27)33-7-6-17(12-33)31-22(34)35/h2-5,8-11,17,21,31H,6-7,12H2,1H3,(H,28,32)(H,34,35)/t17?,21-/m1/s1. The number of benzene rings is 1. The Balaban J connectivity index is 1.45. The molecule has 13 heteroatoms. The van der Waals surface area contributed by atoms with Crippen molar-refractivity contribution >= 4 is 29.0 Å². The molecule has 190 valence electrons. The average molecular weight is 506 g/mol. The summed E-state index contributed by atoms with van der Waals surface area (Å²) >= 11 is 0. The van der Waals surface area contributed by atoms with Crippen molar-refractivity contribution in [2.75, 3.05) is 25.6 Å². The molecule has 36 heavy (non-hydrogen) atoms. The van der Waals surface area contributed by atoms with Crippen molar-refractivity contribution in [2.24, 2.45) is 5.10 Å². The number of methoxy groups -OCH3 is 1. The monoisotopic (exact) mass is 506 g/mol. The van der Waals surface area contributed by atoms with Gasteiger partial charge in [0.25, 0.3) is 0 Å². The van der Waals surface area contributed by atoms with Gasteiger partial charge in [0.2, 0.25) is 0 Å². The van der Waals surface area contributed by atoms with Gasteiger partial charge in [0, 0.05) is 36.8 Å². The Bertz CT molecular complexity index is 1270. The molecule has 1 fully saturated rings. The number of hydrazone groups is 1. The zero-order valence-corrected chi connectivity index (χ0v) is 19.0. The number of rotatable bonds is 7. The number of halogens is 4. The fourth-order valence-corrected chi connectivity index (χ4v) is 4.13. The molecule has 2 aromatic heterocycles. The first-order valence-corrected chi connectivity index (χ1v) is 10.8. The molecule has 1 amide bonds. The number of likely N-dealkylation sites (tertiary alicyclic amines) is 1. The fourth-order valence-electron chi connectivity index (χ4n) is 4.13.